The Labute approximate surface area is 114 Å². The summed E-state index contributed by atoms with van der Waals surface area (Å²) in [5, 5.41) is 0. The zero-order chi connectivity index (χ0) is 13.5. The predicted molar refractivity (Wildman–Crippen MR) is 79.1 cm³/mol. The van der Waals surface area contributed by atoms with Gasteiger partial charge in [-0.2, -0.15) is 0 Å². The molecule has 0 unspecified atom stereocenters. The summed E-state index contributed by atoms with van der Waals surface area (Å²) < 4.78 is 0. The molecule has 96 valence electrons. The number of nitrogens with zero attached hydrogens (tertiary/aromatic N) is 1. The smallest absolute Gasteiger partial charge is 0.161 e. The number of ketones is 1. The molecule has 0 saturated carbocycles. The summed E-state index contributed by atoms with van der Waals surface area (Å²) in [4.78, 5) is 13.8. The number of carbonyl (C=O) groups excluding carboxylic acids is 1. The van der Waals surface area contributed by atoms with E-state index in [1.807, 2.05) is 72.6 Å². The first-order valence-corrected chi connectivity index (χ1v) is 6.28. The highest BCUT2D eigenvalue weighted by Crippen LogP contribution is 2.11. The van der Waals surface area contributed by atoms with E-state index in [4.69, 9.17) is 0 Å². The van der Waals surface area contributed by atoms with Crippen LogP contribution in [-0.4, -0.2) is 12.8 Å². The molecule has 2 nitrogen and oxygen atoms in total. The highest BCUT2D eigenvalue weighted by molar-refractivity contribution is 5.91. The van der Waals surface area contributed by atoms with Crippen LogP contribution in [0.15, 0.2) is 72.9 Å². The molecule has 0 bridgehead atoms. The molecule has 0 aromatic heterocycles. The van der Waals surface area contributed by atoms with Crippen LogP contribution in [0.2, 0.25) is 0 Å². The number of benzene rings is 2. The van der Waals surface area contributed by atoms with E-state index in [9.17, 15) is 4.79 Å². The van der Waals surface area contributed by atoms with Crippen molar-refractivity contribution in [3.8, 4) is 0 Å². The molecule has 0 atom stereocenters. The number of allylic oxidation sites excluding steroid dienone is 1. The fraction of sp³-hybridized carbons (Fsp3) is 0.118. The number of para-hydroxylation sites is 1. The highest BCUT2D eigenvalue weighted by Gasteiger charge is 2.00. The third-order valence-electron chi connectivity index (χ3n) is 2.87. The van der Waals surface area contributed by atoms with Gasteiger partial charge in [-0.15, -0.1) is 0 Å². The van der Waals surface area contributed by atoms with Gasteiger partial charge in [0.05, 0.1) is 0 Å². The molecule has 2 aromatic rings. The molecule has 0 amide bonds. The largest absolute Gasteiger partial charge is 0.351 e. The van der Waals surface area contributed by atoms with Crippen molar-refractivity contribution < 1.29 is 4.79 Å². The summed E-state index contributed by atoms with van der Waals surface area (Å²) in [7, 11) is 1.93. The minimum Gasteiger partial charge on any atom is -0.351 e. The van der Waals surface area contributed by atoms with Crippen molar-refractivity contribution in [1.82, 2.24) is 0 Å². The van der Waals surface area contributed by atoms with E-state index in [0.717, 1.165) is 11.3 Å². The zero-order valence-corrected chi connectivity index (χ0v) is 11.0. The van der Waals surface area contributed by atoms with Crippen LogP contribution in [-0.2, 0) is 11.2 Å². The summed E-state index contributed by atoms with van der Waals surface area (Å²) in [5.41, 5.74) is 2.10. The monoisotopic (exact) mass is 251 g/mol. The topological polar surface area (TPSA) is 20.3 Å². The van der Waals surface area contributed by atoms with Crippen molar-refractivity contribution in [3.63, 3.8) is 0 Å². The highest BCUT2D eigenvalue weighted by atomic mass is 16.1. The molecular formula is C17H17NO. The second kappa shape index (κ2) is 6.55. The average Bonchev–Trinajstić information content (AvgIpc) is 2.47. The van der Waals surface area contributed by atoms with Gasteiger partial charge in [-0.05, 0) is 23.8 Å². The number of carbonyl (C=O) groups is 1. The number of rotatable bonds is 5. The third-order valence-corrected chi connectivity index (χ3v) is 2.87. The van der Waals surface area contributed by atoms with Crippen LogP contribution < -0.4 is 4.90 Å². The summed E-state index contributed by atoms with van der Waals surface area (Å²) in [6.45, 7) is 0. The second-order valence-corrected chi connectivity index (χ2v) is 4.39. The van der Waals surface area contributed by atoms with E-state index in [2.05, 4.69) is 0 Å². The van der Waals surface area contributed by atoms with Crippen molar-refractivity contribution in [1.29, 1.82) is 0 Å². The molecule has 2 heteroatoms. The standard InChI is InChI=1S/C17H17NO/c1-18(16-10-6-3-7-11-16)13-12-17(19)14-15-8-4-2-5-9-15/h2-13H,14H2,1H3/b13-12+. The molecule has 0 spiro atoms. The van der Waals surface area contributed by atoms with Gasteiger partial charge in [0.1, 0.15) is 0 Å². The number of hydrogen-bond donors (Lipinski definition) is 0. The van der Waals surface area contributed by atoms with Gasteiger partial charge >= 0.3 is 0 Å². The van der Waals surface area contributed by atoms with E-state index in [1.54, 1.807) is 12.3 Å². The van der Waals surface area contributed by atoms with Gasteiger partial charge in [-0.25, -0.2) is 0 Å². The Morgan fingerprint density at radius 1 is 1.00 bits per heavy atom. The van der Waals surface area contributed by atoms with Gasteiger partial charge in [-0.3, -0.25) is 4.79 Å². The molecule has 0 fully saturated rings. The quantitative estimate of drug-likeness (QED) is 0.759. The van der Waals surface area contributed by atoms with Gasteiger partial charge in [0.2, 0.25) is 0 Å². The Hall–Kier alpha value is -2.35. The maximum atomic E-state index is 11.8. The van der Waals surface area contributed by atoms with Gasteiger partial charge in [0.15, 0.2) is 5.78 Å². The molecule has 0 aliphatic heterocycles. The molecule has 2 rings (SSSR count). The normalized spacial score (nSPS) is 10.6. The second-order valence-electron chi connectivity index (χ2n) is 4.39. The fourth-order valence-electron chi connectivity index (χ4n) is 1.80. The van der Waals surface area contributed by atoms with Gasteiger partial charge in [-0.1, -0.05) is 48.5 Å². The first kappa shape index (κ1) is 13.1. The van der Waals surface area contributed by atoms with Crippen LogP contribution in [0.25, 0.3) is 0 Å². The Morgan fingerprint density at radius 3 is 2.21 bits per heavy atom. The lowest BCUT2D eigenvalue weighted by atomic mass is 10.1. The Morgan fingerprint density at radius 2 is 1.58 bits per heavy atom. The van der Waals surface area contributed by atoms with E-state index in [0.29, 0.717) is 6.42 Å². The summed E-state index contributed by atoms with van der Waals surface area (Å²) in [5.74, 6) is 0.106. The molecular weight excluding hydrogens is 234 g/mol. The number of hydrogen-bond acceptors (Lipinski definition) is 2. The molecule has 0 N–H and O–H groups in total. The SMILES string of the molecule is CN(/C=C/C(=O)Cc1ccccc1)c1ccccc1. The fourth-order valence-corrected chi connectivity index (χ4v) is 1.80. The Kier molecular flexibility index (Phi) is 4.51. The minimum absolute atomic E-state index is 0.106. The van der Waals surface area contributed by atoms with Crippen LogP contribution >= 0.6 is 0 Å². The molecule has 2 aromatic carbocycles. The minimum atomic E-state index is 0.106. The van der Waals surface area contributed by atoms with Crippen molar-refractivity contribution in [2.24, 2.45) is 0 Å². The molecule has 0 aliphatic rings. The van der Waals surface area contributed by atoms with Crippen molar-refractivity contribution >= 4 is 11.5 Å². The summed E-state index contributed by atoms with van der Waals surface area (Å²) in [6.07, 6.45) is 3.88. The predicted octanol–water partition coefficient (Wildman–Crippen LogP) is 3.45. The van der Waals surface area contributed by atoms with Crippen LogP contribution in [0.4, 0.5) is 5.69 Å². The zero-order valence-electron chi connectivity index (χ0n) is 11.0. The van der Waals surface area contributed by atoms with Crippen molar-refractivity contribution in [2.75, 3.05) is 11.9 Å². The van der Waals surface area contributed by atoms with Crippen molar-refractivity contribution in [3.05, 3.63) is 78.5 Å². The Balaban J connectivity index is 1.94. The van der Waals surface area contributed by atoms with E-state index in [1.165, 1.54) is 0 Å². The first-order valence-electron chi connectivity index (χ1n) is 6.28. The van der Waals surface area contributed by atoms with Crippen LogP contribution in [0.5, 0.6) is 0 Å². The summed E-state index contributed by atoms with van der Waals surface area (Å²) >= 11 is 0. The lowest BCUT2D eigenvalue weighted by Crippen LogP contribution is -2.09. The molecule has 0 heterocycles. The maximum Gasteiger partial charge on any atom is 0.161 e. The van der Waals surface area contributed by atoms with Crippen LogP contribution in [0, 0.1) is 0 Å². The van der Waals surface area contributed by atoms with Gasteiger partial charge in [0.25, 0.3) is 0 Å². The van der Waals surface area contributed by atoms with E-state index >= 15 is 0 Å². The molecule has 0 saturated heterocycles. The van der Waals surface area contributed by atoms with Crippen LogP contribution in [0.1, 0.15) is 5.56 Å². The molecule has 19 heavy (non-hydrogen) atoms. The van der Waals surface area contributed by atoms with E-state index in [-0.39, 0.29) is 5.78 Å². The van der Waals surface area contributed by atoms with Crippen molar-refractivity contribution in [2.45, 2.75) is 6.42 Å². The molecule has 0 aliphatic carbocycles. The van der Waals surface area contributed by atoms with Crippen LogP contribution in [0.3, 0.4) is 0 Å². The third kappa shape index (κ3) is 4.11. The van der Waals surface area contributed by atoms with Gasteiger partial charge in [0, 0.05) is 25.4 Å². The number of anilines is 1. The molecule has 0 radical (unpaired) electrons. The maximum absolute atomic E-state index is 11.8. The summed E-state index contributed by atoms with van der Waals surface area (Å²) in [6, 6.07) is 19.7. The lowest BCUT2D eigenvalue weighted by molar-refractivity contribution is -0.114. The Bertz CT molecular complexity index is 546. The van der Waals surface area contributed by atoms with E-state index < -0.39 is 0 Å². The average molecular weight is 251 g/mol. The van der Waals surface area contributed by atoms with Gasteiger partial charge < -0.3 is 4.90 Å². The lowest BCUT2D eigenvalue weighted by Gasteiger charge is -2.13. The first-order chi connectivity index (χ1) is 9.25.